The minimum atomic E-state index is 0.156. The second-order valence-electron chi connectivity index (χ2n) is 4.84. The highest BCUT2D eigenvalue weighted by atomic mass is 16.2. The lowest BCUT2D eigenvalue weighted by atomic mass is 9.98. The highest BCUT2D eigenvalue weighted by Crippen LogP contribution is 2.16. The van der Waals surface area contributed by atoms with E-state index in [2.05, 4.69) is 0 Å². The molecule has 18 heavy (non-hydrogen) atoms. The van der Waals surface area contributed by atoms with E-state index in [1.165, 1.54) is 5.56 Å². The average Bonchev–Trinajstić information content (AvgIpc) is 2.46. The number of hydrogen-bond donors (Lipinski definition) is 0. The number of hydrogen-bond acceptors (Lipinski definition) is 2. The zero-order valence-corrected chi connectivity index (χ0v) is 10.5. The predicted molar refractivity (Wildman–Crippen MR) is 70.1 cm³/mol. The van der Waals surface area contributed by atoms with Crippen molar-refractivity contribution in [3.05, 3.63) is 35.9 Å². The van der Waals surface area contributed by atoms with Gasteiger partial charge in [-0.3, -0.25) is 4.79 Å². The van der Waals surface area contributed by atoms with E-state index in [1.807, 2.05) is 35.2 Å². The van der Waals surface area contributed by atoms with Crippen LogP contribution in [0, 0.1) is 5.92 Å². The number of piperidine rings is 1. The lowest BCUT2D eigenvalue weighted by Gasteiger charge is -2.29. The van der Waals surface area contributed by atoms with E-state index in [0.717, 1.165) is 38.6 Å². The van der Waals surface area contributed by atoms with E-state index in [1.54, 1.807) is 0 Å². The smallest absolute Gasteiger partial charge is 0.222 e. The Morgan fingerprint density at radius 1 is 1.22 bits per heavy atom. The van der Waals surface area contributed by atoms with Crippen LogP contribution in [0.15, 0.2) is 30.3 Å². The van der Waals surface area contributed by atoms with Crippen molar-refractivity contribution in [1.82, 2.24) is 4.90 Å². The minimum absolute atomic E-state index is 0.156. The van der Waals surface area contributed by atoms with E-state index >= 15 is 0 Å². The van der Waals surface area contributed by atoms with Gasteiger partial charge in [0.15, 0.2) is 0 Å². The zero-order valence-electron chi connectivity index (χ0n) is 10.5. The number of carbonyl (C=O) groups is 2. The van der Waals surface area contributed by atoms with Gasteiger partial charge in [-0.15, -0.1) is 0 Å². The molecule has 1 aromatic carbocycles. The third kappa shape index (κ3) is 3.42. The van der Waals surface area contributed by atoms with E-state index in [9.17, 15) is 9.59 Å². The topological polar surface area (TPSA) is 37.4 Å². The van der Waals surface area contributed by atoms with Crippen LogP contribution < -0.4 is 0 Å². The first-order chi connectivity index (χ1) is 8.79. The summed E-state index contributed by atoms with van der Waals surface area (Å²) in [5.74, 6) is 0.367. The van der Waals surface area contributed by atoms with Crippen molar-refractivity contribution in [2.75, 3.05) is 13.1 Å². The normalized spacial score (nSPS) is 16.6. The van der Waals surface area contributed by atoms with E-state index < -0.39 is 0 Å². The summed E-state index contributed by atoms with van der Waals surface area (Å²) in [7, 11) is 0. The molecule has 1 saturated heterocycles. The van der Waals surface area contributed by atoms with Crippen LogP contribution in [-0.4, -0.2) is 30.2 Å². The molecular formula is C15H19NO2. The molecule has 0 bridgehead atoms. The summed E-state index contributed by atoms with van der Waals surface area (Å²) in [6.45, 7) is 1.47. The number of aldehydes is 1. The van der Waals surface area contributed by atoms with Gasteiger partial charge in [-0.2, -0.15) is 0 Å². The molecule has 1 aliphatic rings. The largest absolute Gasteiger partial charge is 0.343 e. The van der Waals surface area contributed by atoms with Crippen molar-refractivity contribution in [3.8, 4) is 0 Å². The van der Waals surface area contributed by atoms with Crippen LogP contribution in [0.5, 0.6) is 0 Å². The molecule has 0 N–H and O–H groups in total. The van der Waals surface area contributed by atoms with Gasteiger partial charge in [-0.1, -0.05) is 30.3 Å². The standard InChI is InChI=1S/C15H19NO2/c17-12-14-8-10-16(11-9-14)15(18)7-6-13-4-2-1-3-5-13/h1-5,12,14H,6-11H2. The molecule has 0 aromatic heterocycles. The van der Waals surface area contributed by atoms with Gasteiger partial charge in [0.1, 0.15) is 6.29 Å². The van der Waals surface area contributed by atoms with Gasteiger partial charge in [-0.25, -0.2) is 0 Å². The van der Waals surface area contributed by atoms with Crippen LogP contribution in [0.1, 0.15) is 24.8 Å². The Bertz CT molecular complexity index is 394. The Balaban J connectivity index is 1.77. The van der Waals surface area contributed by atoms with Crippen molar-refractivity contribution < 1.29 is 9.59 Å². The summed E-state index contributed by atoms with van der Waals surface area (Å²) in [6.07, 6.45) is 4.02. The SMILES string of the molecule is O=CC1CCN(C(=O)CCc2ccccc2)CC1. The Hall–Kier alpha value is -1.64. The molecule has 0 spiro atoms. The van der Waals surface area contributed by atoms with Gasteiger partial charge in [0, 0.05) is 25.4 Å². The summed E-state index contributed by atoms with van der Waals surface area (Å²) in [5, 5.41) is 0. The lowest BCUT2D eigenvalue weighted by molar-refractivity contribution is -0.133. The third-order valence-electron chi connectivity index (χ3n) is 3.56. The summed E-state index contributed by atoms with van der Waals surface area (Å²) in [6, 6.07) is 10.1. The molecule has 1 amide bonds. The van der Waals surface area contributed by atoms with Crippen LogP contribution in [0.25, 0.3) is 0 Å². The fourth-order valence-corrected chi connectivity index (χ4v) is 2.34. The number of benzene rings is 1. The summed E-state index contributed by atoms with van der Waals surface area (Å²) in [5.41, 5.74) is 1.20. The first-order valence-corrected chi connectivity index (χ1v) is 6.56. The summed E-state index contributed by atoms with van der Waals surface area (Å²) in [4.78, 5) is 24.5. The van der Waals surface area contributed by atoms with E-state index in [4.69, 9.17) is 0 Å². The number of amides is 1. The number of rotatable bonds is 4. The van der Waals surface area contributed by atoms with Crippen LogP contribution >= 0.6 is 0 Å². The molecule has 0 unspecified atom stereocenters. The predicted octanol–water partition coefficient (Wildman–Crippen LogP) is 2.06. The van der Waals surface area contributed by atoms with Crippen molar-refractivity contribution in [1.29, 1.82) is 0 Å². The number of likely N-dealkylation sites (tertiary alicyclic amines) is 1. The summed E-state index contributed by atoms with van der Waals surface area (Å²) >= 11 is 0. The Labute approximate surface area is 108 Å². The molecule has 1 heterocycles. The monoisotopic (exact) mass is 245 g/mol. The number of aryl methyl sites for hydroxylation is 1. The van der Waals surface area contributed by atoms with Gasteiger partial charge in [-0.05, 0) is 24.8 Å². The van der Waals surface area contributed by atoms with Crippen LogP contribution in [-0.2, 0) is 16.0 Å². The Morgan fingerprint density at radius 3 is 2.50 bits per heavy atom. The maximum atomic E-state index is 12.0. The number of carbonyl (C=O) groups excluding carboxylic acids is 2. The fraction of sp³-hybridized carbons (Fsp3) is 0.467. The van der Waals surface area contributed by atoms with Crippen molar-refractivity contribution in [3.63, 3.8) is 0 Å². The Kier molecular flexibility index (Phi) is 4.51. The van der Waals surface area contributed by atoms with Crippen molar-refractivity contribution >= 4 is 12.2 Å². The molecule has 1 aromatic rings. The van der Waals surface area contributed by atoms with Gasteiger partial charge in [0.05, 0.1) is 0 Å². The first kappa shape index (κ1) is 12.8. The molecule has 0 aliphatic carbocycles. The van der Waals surface area contributed by atoms with Crippen LogP contribution in [0.3, 0.4) is 0 Å². The highest BCUT2D eigenvalue weighted by Gasteiger charge is 2.21. The molecule has 3 heteroatoms. The molecule has 0 saturated carbocycles. The lowest BCUT2D eigenvalue weighted by Crippen LogP contribution is -2.38. The molecular weight excluding hydrogens is 226 g/mol. The van der Waals surface area contributed by atoms with Crippen LogP contribution in [0.4, 0.5) is 0 Å². The van der Waals surface area contributed by atoms with Gasteiger partial charge in [0.25, 0.3) is 0 Å². The molecule has 1 fully saturated rings. The third-order valence-corrected chi connectivity index (χ3v) is 3.56. The molecule has 96 valence electrons. The van der Waals surface area contributed by atoms with E-state index in [-0.39, 0.29) is 11.8 Å². The summed E-state index contributed by atoms with van der Waals surface area (Å²) < 4.78 is 0. The molecule has 0 atom stereocenters. The Morgan fingerprint density at radius 2 is 1.89 bits per heavy atom. The quantitative estimate of drug-likeness (QED) is 0.761. The van der Waals surface area contributed by atoms with Gasteiger partial charge >= 0.3 is 0 Å². The highest BCUT2D eigenvalue weighted by molar-refractivity contribution is 5.76. The first-order valence-electron chi connectivity index (χ1n) is 6.56. The maximum absolute atomic E-state index is 12.0. The minimum Gasteiger partial charge on any atom is -0.343 e. The average molecular weight is 245 g/mol. The molecule has 0 radical (unpaired) electrons. The molecule has 1 aliphatic heterocycles. The fourth-order valence-electron chi connectivity index (χ4n) is 2.34. The second-order valence-corrected chi connectivity index (χ2v) is 4.84. The molecule has 2 rings (SSSR count). The van der Waals surface area contributed by atoms with Gasteiger partial charge in [0.2, 0.25) is 5.91 Å². The second kappa shape index (κ2) is 6.34. The number of nitrogens with zero attached hydrogens (tertiary/aromatic N) is 1. The van der Waals surface area contributed by atoms with Crippen molar-refractivity contribution in [2.24, 2.45) is 5.92 Å². The van der Waals surface area contributed by atoms with Crippen molar-refractivity contribution in [2.45, 2.75) is 25.7 Å². The molecule has 3 nitrogen and oxygen atoms in total. The zero-order chi connectivity index (χ0) is 12.8. The maximum Gasteiger partial charge on any atom is 0.222 e. The van der Waals surface area contributed by atoms with Crippen LogP contribution in [0.2, 0.25) is 0 Å². The van der Waals surface area contributed by atoms with Gasteiger partial charge < -0.3 is 9.69 Å². The van der Waals surface area contributed by atoms with E-state index in [0.29, 0.717) is 6.42 Å².